The van der Waals surface area contributed by atoms with E-state index in [1.165, 1.54) is 0 Å². The zero-order valence-electron chi connectivity index (χ0n) is 10.4. The summed E-state index contributed by atoms with van der Waals surface area (Å²) in [4.78, 5) is 11.7. The van der Waals surface area contributed by atoms with Gasteiger partial charge in [0.2, 0.25) is 5.91 Å². The van der Waals surface area contributed by atoms with Gasteiger partial charge in [0.25, 0.3) is 0 Å². The number of rotatable bonds is 3. The van der Waals surface area contributed by atoms with Crippen LogP contribution in [0.15, 0.2) is 24.3 Å². The first-order valence-corrected chi connectivity index (χ1v) is 5.54. The van der Waals surface area contributed by atoms with Crippen LogP contribution in [0.5, 0.6) is 0 Å². The Labute approximate surface area is 102 Å². The summed E-state index contributed by atoms with van der Waals surface area (Å²) in [5.74, 6) is -0.0814. The molecule has 4 nitrogen and oxygen atoms in total. The maximum Gasteiger partial charge on any atom is 0.488 e. The lowest BCUT2D eigenvalue weighted by Crippen LogP contribution is -2.30. The van der Waals surface area contributed by atoms with Gasteiger partial charge >= 0.3 is 7.12 Å². The quantitative estimate of drug-likeness (QED) is 0.677. The molecule has 1 aromatic carbocycles. The van der Waals surface area contributed by atoms with E-state index in [0.29, 0.717) is 17.6 Å². The Kier molecular flexibility index (Phi) is 4.31. The lowest BCUT2D eigenvalue weighted by atomic mass is 9.80. The van der Waals surface area contributed by atoms with E-state index in [9.17, 15) is 4.79 Å². The van der Waals surface area contributed by atoms with Gasteiger partial charge in [0.1, 0.15) is 0 Å². The molecule has 0 aliphatic heterocycles. The van der Waals surface area contributed by atoms with E-state index in [0.717, 1.165) is 0 Å². The highest BCUT2D eigenvalue weighted by Crippen LogP contribution is 2.19. The molecule has 1 aromatic rings. The Morgan fingerprint density at radius 1 is 1.35 bits per heavy atom. The topological polar surface area (TPSA) is 69.6 Å². The molecule has 0 aliphatic carbocycles. The third kappa shape index (κ3) is 5.02. The first-order chi connectivity index (χ1) is 7.78. The molecule has 0 unspecified atom stereocenters. The van der Waals surface area contributed by atoms with Gasteiger partial charge in [-0.1, -0.05) is 32.9 Å². The van der Waals surface area contributed by atoms with Gasteiger partial charge < -0.3 is 15.4 Å². The number of anilines is 1. The van der Waals surface area contributed by atoms with Crippen molar-refractivity contribution < 1.29 is 14.8 Å². The van der Waals surface area contributed by atoms with Crippen molar-refractivity contribution in [2.45, 2.75) is 27.2 Å². The molecule has 0 saturated heterocycles. The summed E-state index contributed by atoms with van der Waals surface area (Å²) >= 11 is 0. The van der Waals surface area contributed by atoms with Crippen LogP contribution in [0, 0.1) is 5.41 Å². The zero-order valence-corrected chi connectivity index (χ0v) is 10.4. The van der Waals surface area contributed by atoms with E-state index in [4.69, 9.17) is 10.0 Å². The first kappa shape index (κ1) is 13.7. The van der Waals surface area contributed by atoms with Crippen LogP contribution in [0.25, 0.3) is 0 Å². The summed E-state index contributed by atoms with van der Waals surface area (Å²) in [6, 6.07) is 6.52. The van der Waals surface area contributed by atoms with Crippen LogP contribution in [-0.4, -0.2) is 23.1 Å². The Hall–Kier alpha value is -1.33. The predicted molar refractivity (Wildman–Crippen MR) is 69.0 cm³/mol. The van der Waals surface area contributed by atoms with Gasteiger partial charge in [-0.2, -0.15) is 0 Å². The summed E-state index contributed by atoms with van der Waals surface area (Å²) in [7, 11) is -1.52. The molecule has 1 amide bonds. The third-order valence-electron chi connectivity index (χ3n) is 2.16. The molecular weight excluding hydrogens is 217 g/mol. The number of carbonyl (C=O) groups excluding carboxylic acids is 1. The maximum absolute atomic E-state index is 11.7. The number of nitrogens with one attached hydrogen (secondary N) is 1. The standard InChI is InChI=1S/C12H18BNO3/c1-12(2,3)8-11(15)14-10-6-4-5-9(7-10)13(16)17/h4-7,16-17H,8H2,1-3H3,(H,14,15). The van der Waals surface area contributed by atoms with Crippen LogP contribution in [0.1, 0.15) is 27.2 Å². The highest BCUT2D eigenvalue weighted by Gasteiger charge is 2.16. The molecule has 0 fully saturated rings. The van der Waals surface area contributed by atoms with Gasteiger partial charge in [0.05, 0.1) is 0 Å². The van der Waals surface area contributed by atoms with Gasteiger partial charge in [0.15, 0.2) is 0 Å². The summed E-state index contributed by atoms with van der Waals surface area (Å²) in [6.45, 7) is 5.96. The van der Waals surface area contributed by atoms with E-state index >= 15 is 0 Å². The molecule has 0 aromatic heterocycles. The second-order valence-electron chi connectivity index (χ2n) is 5.28. The van der Waals surface area contributed by atoms with Crippen LogP contribution in [-0.2, 0) is 4.79 Å². The largest absolute Gasteiger partial charge is 0.488 e. The normalized spacial score (nSPS) is 11.1. The van der Waals surface area contributed by atoms with Crippen LogP contribution < -0.4 is 10.8 Å². The highest BCUT2D eigenvalue weighted by molar-refractivity contribution is 6.58. The summed E-state index contributed by atoms with van der Waals surface area (Å²) < 4.78 is 0. The molecule has 3 N–H and O–H groups in total. The molecule has 0 radical (unpaired) electrons. The maximum atomic E-state index is 11.7. The number of amides is 1. The molecule has 17 heavy (non-hydrogen) atoms. The molecule has 92 valence electrons. The van der Waals surface area contributed by atoms with Crippen LogP contribution in [0.3, 0.4) is 0 Å². The fourth-order valence-corrected chi connectivity index (χ4v) is 1.46. The SMILES string of the molecule is CC(C)(C)CC(=O)Nc1cccc(B(O)O)c1. The lowest BCUT2D eigenvalue weighted by Gasteiger charge is -2.17. The van der Waals surface area contributed by atoms with Gasteiger partial charge in [-0.3, -0.25) is 4.79 Å². The number of hydrogen-bond acceptors (Lipinski definition) is 3. The average Bonchev–Trinajstić information content (AvgIpc) is 2.14. The molecule has 5 heteroatoms. The second kappa shape index (κ2) is 5.34. The Morgan fingerprint density at radius 3 is 2.53 bits per heavy atom. The Balaban J connectivity index is 2.69. The van der Waals surface area contributed by atoms with Crippen molar-refractivity contribution in [3.8, 4) is 0 Å². The Morgan fingerprint density at radius 2 is 2.00 bits per heavy atom. The number of carbonyl (C=O) groups is 1. The minimum absolute atomic E-state index is 0.0712. The third-order valence-corrected chi connectivity index (χ3v) is 2.16. The van der Waals surface area contributed by atoms with Crippen LogP contribution >= 0.6 is 0 Å². The van der Waals surface area contributed by atoms with Crippen molar-refractivity contribution in [3.05, 3.63) is 24.3 Å². The molecule has 0 spiro atoms. The average molecular weight is 235 g/mol. The van der Waals surface area contributed by atoms with E-state index in [1.807, 2.05) is 20.8 Å². The Bertz CT molecular complexity index is 399. The summed E-state index contributed by atoms with van der Waals surface area (Å²) in [5, 5.41) is 20.8. The number of benzene rings is 1. The number of hydrogen-bond donors (Lipinski definition) is 3. The summed E-state index contributed by atoms with van der Waals surface area (Å²) in [5.41, 5.74) is 0.862. The van der Waals surface area contributed by atoms with Crippen molar-refractivity contribution >= 4 is 24.2 Å². The highest BCUT2D eigenvalue weighted by atomic mass is 16.4. The molecule has 0 heterocycles. The summed E-state index contributed by atoms with van der Waals surface area (Å²) in [6.07, 6.45) is 0.416. The van der Waals surface area contributed by atoms with E-state index in [1.54, 1.807) is 24.3 Å². The fourth-order valence-electron chi connectivity index (χ4n) is 1.46. The van der Waals surface area contributed by atoms with Gasteiger partial charge in [-0.25, -0.2) is 0 Å². The van der Waals surface area contributed by atoms with Crippen molar-refractivity contribution in [1.82, 2.24) is 0 Å². The smallest absolute Gasteiger partial charge is 0.423 e. The van der Waals surface area contributed by atoms with Crippen LogP contribution in [0.4, 0.5) is 5.69 Å². The fraction of sp³-hybridized carbons (Fsp3) is 0.417. The van der Waals surface area contributed by atoms with Crippen molar-refractivity contribution in [2.24, 2.45) is 5.41 Å². The van der Waals surface area contributed by atoms with Gasteiger partial charge in [-0.15, -0.1) is 0 Å². The molecule has 0 saturated carbocycles. The van der Waals surface area contributed by atoms with Crippen molar-refractivity contribution in [2.75, 3.05) is 5.32 Å². The molecular formula is C12H18BNO3. The predicted octanol–water partition coefficient (Wildman–Crippen LogP) is 0.741. The van der Waals surface area contributed by atoms with Crippen molar-refractivity contribution in [3.63, 3.8) is 0 Å². The minimum Gasteiger partial charge on any atom is -0.423 e. The van der Waals surface area contributed by atoms with E-state index in [-0.39, 0.29) is 11.3 Å². The second-order valence-corrected chi connectivity index (χ2v) is 5.28. The van der Waals surface area contributed by atoms with Gasteiger partial charge in [0, 0.05) is 12.1 Å². The van der Waals surface area contributed by atoms with Crippen LogP contribution in [0.2, 0.25) is 0 Å². The molecule has 0 atom stereocenters. The van der Waals surface area contributed by atoms with Gasteiger partial charge in [-0.05, 0) is 23.0 Å². The van der Waals surface area contributed by atoms with E-state index in [2.05, 4.69) is 5.32 Å². The lowest BCUT2D eigenvalue weighted by molar-refractivity contribution is -0.117. The van der Waals surface area contributed by atoms with E-state index < -0.39 is 7.12 Å². The minimum atomic E-state index is -1.52. The first-order valence-electron chi connectivity index (χ1n) is 5.54. The molecule has 0 bridgehead atoms. The monoisotopic (exact) mass is 235 g/mol. The van der Waals surface area contributed by atoms with Crippen molar-refractivity contribution in [1.29, 1.82) is 0 Å². The molecule has 1 rings (SSSR count). The molecule has 0 aliphatic rings. The zero-order chi connectivity index (χ0) is 13.1.